The SMILES string of the molecule is Cc1cc(O)cc(C2CCC(=O)NC2=O)c1. The summed E-state index contributed by atoms with van der Waals surface area (Å²) in [5, 5.41) is 11.8. The molecule has 1 aromatic rings. The Bertz CT molecular complexity index is 433. The highest BCUT2D eigenvalue weighted by Gasteiger charge is 2.28. The minimum Gasteiger partial charge on any atom is -0.508 e. The highest BCUT2D eigenvalue weighted by molar-refractivity contribution is 6.00. The Morgan fingerprint density at radius 2 is 2.06 bits per heavy atom. The lowest BCUT2D eigenvalue weighted by molar-refractivity contribution is -0.134. The van der Waals surface area contributed by atoms with Crippen LogP contribution in [-0.4, -0.2) is 16.9 Å². The van der Waals surface area contributed by atoms with Crippen molar-refractivity contribution in [3.05, 3.63) is 29.3 Å². The summed E-state index contributed by atoms with van der Waals surface area (Å²) in [5.41, 5.74) is 1.67. The molecule has 2 amide bonds. The first-order valence-corrected chi connectivity index (χ1v) is 5.20. The van der Waals surface area contributed by atoms with E-state index in [1.807, 2.05) is 13.0 Å². The Balaban J connectivity index is 2.30. The molecule has 1 aliphatic rings. The molecule has 0 aromatic heterocycles. The van der Waals surface area contributed by atoms with E-state index < -0.39 is 0 Å². The van der Waals surface area contributed by atoms with Gasteiger partial charge in [0.05, 0.1) is 5.92 Å². The van der Waals surface area contributed by atoms with Gasteiger partial charge in [-0.3, -0.25) is 14.9 Å². The van der Waals surface area contributed by atoms with Crippen molar-refractivity contribution in [2.75, 3.05) is 0 Å². The number of phenolic OH excluding ortho intramolecular Hbond substituents is 1. The predicted octanol–water partition coefficient (Wildman–Crippen LogP) is 1.22. The Labute approximate surface area is 93.3 Å². The van der Waals surface area contributed by atoms with Gasteiger partial charge in [0, 0.05) is 6.42 Å². The van der Waals surface area contributed by atoms with Crippen LogP contribution < -0.4 is 5.32 Å². The number of carbonyl (C=O) groups is 2. The average molecular weight is 219 g/mol. The van der Waals surface area contributed by atoms with Crippen LogP contribution in [0.25, 0.3) is 0 Å². The summed E-state index contributed by atoms with van der Waals surface area (Å²) in [4.78, 5) is 22.6. The summed E-state index contributed by atoms with van der Waals surface area (Å²) >= 11 is 0. The zero-order valence-electron chi connectivity index (χ0n) is 8.99. The maximum atomic E-state index is 11.6. The Morgan fingerprint density at radius 3 is 2.69 bits per heavy atom. The Kier molecular flexibility index (Phi) is 2.64. The molecule has 2 rings (SSSR count). The lowest BCUT2D eigenvalue weighted by Gasteiger charge is -2.21. The fourth-order valence-electron chi connectivity index (χ4n) is 2.00. The lowest BCUT2D eigenvalue weighted by atomic mass is 9.89. The number of phenols is 1. The predicted molar refractivity (Wildman–Crippen MR) is 58.0 cm³/mol. The summed E-state index contributed by atoms with van der Waals surface area (Å²) in [7, 11) is 0. The molecular weight excluding hydrogens is 206 g/mol. The van der Waals surface area contributed by atoms with Gasteiger partial charge in [-0.15, -0.1) is 0 Å². The fourth-order valence-corrected chi connectivity index (χ4v) is 2.00. The highest BCUT2D eigenvalue weighted by atomic mass is 16.3. The monoisotopic (exact) mass is 219 g/mol. The zero-order valence-corrected chi connectivity index (χ0v) is 8.99. The summed E-state index contributed by atoms with van der Waals surface area (Å²) < 4.78 is 0. The van der Waals surface area contributed by atoms with Crippen LogP contribution in [0.1, 0.15) is 29.9 Å². The molecule has 1 atom stereocenters. The third-order valence-electron chi connectivity index (χ3n) is 2.73. The van der Waals surface area contributed by atoms with Crippen LogP contribution in [0.2, 0.25) is 0 Å². The van der Waals surface area contributed by atoms with Gasteiger partial charge in [0.25, 0.3) is 0 Å². The number of rotatable bonds is 1. The summed E-state index contributed by atoms with van der Waals surface area (Å²) in [6, 6.07) is 5.07. The van der Waals surface area contributed by atoms with Crippen molar-refractivity contribution in [3.63, 3.8) is 0 Å². The Hall–Kier alpha value is -1.84. The van der Waals surface area contributed by atoms with Crippen LogP contribution in [0.15, 0.2) is 18.2 Å². The number of hydrogen-bond donors (Lipinski definition) is 2. The topological polar surface area (TPSA) is 66.4 Å². The largest absolute Gasteiger partial charge is 0.508 e. The van der Waals surface area contributed by atoms with E-state index in [0.29, 0.717) is 12.8 Å². The van der Waals surface area contributed by atoms with Gasteiger partial charge in [0.1, 0.15) is 5.75 Å². The molecule has 4 heteroatoms. The van der Waals surface area contributed by atoms with Crippen molar-refractivity contribution in [1.82, 2.24) is 5.32 Å². The van der Waals surface area contributed by atoms with Gasteiger partial charge in [0.2, 0.25) is 11.8 Å². The smallest absolute Gasteiger partial charge is 0.234 e. The molecule has 1 saturated heterocycles. The molecular formula is C12H13NO3. The van der Waals surface area contributed by atoms with E-state index >= 15 is 0 Å². The number of imide groups is 1. The van der Waals surface area contributed by atoms with Crippen LogP contribution in [0.5, 0.6) is 5.75 Å². The van der Waals surface area contributed by atoms with Crippen LogP contribution >= 0.6 is 0 Å². The van der Waals surface area contributed by atoms with E-state index in [9.17, 15) is 14.7 Å². The Morgan fingerprint density at radius 1 is 1.31 bits per heavy atom. The zero-order chi connectivity index (χ0) is 11.7. The fraction of sp³-hybridized carbons (Fsp3) is 0.333. The van der Waals surface area contributed by atoms with E-state index in [1.165, 1.54) is 0 Å². The number of carbonyl (C=O) groups excluding carboxylic acids is 2. The number of aryl methyl sites for hydroxylation is 1. The normalized spacial score (nSPS) is 20.7. The van der Waals surface area contributed by atoms with Gasteiger partial charge in [-0.25, -0.2) is 0 Å². The molecule has 0 radical (unpaired) electrons. The van der Waals surface area contributed by atoms with Gasteiger partial charge in [-0.2, -0.15) is 0 Å². The molecule has 1 fully saturated rings. The number of piperidine rings is 1. The van der Waals surface area contributed by atoms with Gasteiger partial charge in [0.15, 0.2) is 0 Å². The van der Waals surface area contributed by atoms with Crippen molar-refractivity contribution < 1.29 is 14.7 Å². The summed E-state index contributed by atoms with van der Waals surface area (Å²) in [5.74, 6) is -0.678. The van der Waals surface area contributed by atoms with Crippen LogP contribution in [-0.2, 0) is 9.59 Å². The number of nitrogens with one attached hydrogen (secondary N) is 1. The molecule has 4 nitrogen and oxygen atoms in total. The van der Waals surface area contributed by atoms with E-state index in [1.54, 1.807) is 12.1 Å². The van der Waals surface area contributed by atoms with Crippen LogP contribution in [0.4, 0.5) is 0 Å². The van der Waals surface area contributed by atoms with Crippen molar-refractivity contribution in [1.29, 1.82) is 0 Å². The molecule has 1 aliphatic heterocycles. The first-order valence-electron chi connectivity index (χ1n) is 5.20. The van der Waals surface area contributed by atoms with Gasteiger partial charge < -0.3 is 5.11 Å². The maximum Gasteiger partial charge on any atom is 0.234 e. The molecule has 1 unspecified atom stereocenters. The average Bonchev–Trinajstić information content (AvgIpc) is 2.15. The first kappa shape index (κ1) is 10.7. The van der Waals surface area contributed by atoms with Crippen molar-refractivity contribution in [3.8, 4) is 5.75 Å². The number of amides is 2. The molecule has 0 spiro atoms. The van der Waals surface area contributed by atoms with Gasteiger partial charge >= 0.3 is 0 Å². The number of hydrogen-bond acceptors (Lipinski definition) is 3. The molecule has 2 N–H and O–H groups in total. The minimum atomic E-state index is -0.330. The molecule has 1 aromatic carbocycles. The van der Waals surface area contributed by atoms with E-state index in [2.05, 4.69) is 5.32 Å². The molecule has 1 heterocycles. The molecule has 0 aliphatic carbocycles. The molecule has 0 saturated carbocycles. The van der Waals surface area contributed by atoms with E-state index in [4.69, 9.17) is 0 Å². The van der Waals surface area contributed by atoms with Crippen LogP contribution in [0, 0.1) is 6.92 Å². The quantitative estimate of drug-likeness (QED) is 0.698. The molecule has 84 valence electrons. The summed E-state index contributed by atoms with van der Waals surface area (Å²) in [6.45, 7) is 1.86. The van der Waals surface area contributed by atoms with Crippen molar-refractivity contribution in [2.24, 2.45) is 0 Å². The third kappa shape index (κ3) is 2.05. The summed E-state index contributed by atoms with van der Waals surface area (Å²) in [6.07, 6.45) is 0.860. The first-order chi connectivity index (χ1) is 7.56. The van der Waals surface area contributed by atoms with Crippen molar-refractivity contribution in [2.45, 2.75) is 25.7 Å². The molecule has 0 bridgehead atoms. The minimum absolute atomic E-state index is 0.153. The third-order valence-corrected chi connectivity index (χ3v) is 2.73. The van der Waals surface area contributed by atoms with Crippen LogP contribution in [0.3, 0.4) is 0 Å². The number of aromatic hydroxyl groups is 1. The van der Waals surface area contributed by atoms with E-state index in [-0.39, 0.29) is 23.5 Å². The van der Waals surface area contributed by atoms with Gasteiger partial charge in [-0.05, 0) is 36.6 Å². The van der Waals surface area contributed by atoms with Crippen molar-refractivity contribution >= 4 is 11.8 Å². The second-order valence-electron chi connectivity index (χ2n) is 4.11. The second kappa shape index (κ2) is 3.96. The highest BCUT2D eigenvalue weighted by Crippen LogP contribution is 2.28. The molecule has 16 heavy (non-hydrogen) atoms. The standard InChI is InChI=1S/C12H13NO3/c1-7-4-8(6-9(14)5-7)10-2-3-11(15)13-12(10)16/h4-6,10,14H,2-3H2,1H3,(H,13,15,16). The maximum absolute atomic E-state index is 11.6. The van der Waals surface area contributed by atoms with E-state index in [0.717, 1.165) is 11.1 Å². The number of benzene rings is 1. The van der Waals surface area contributed by atoms with Gasteiger partial charge in [-0.1, -0.05) is 6.07 Å². The second-order valence-corrected chi connectivity index (χ2v) is 4.11. The lowest BCUT2D eigenvalue weighted by Crippen LogP contribution is -2.39.